The first-order valence-electron chi connectivity index (χ1n) is 37.4. The average Bonchev–Trinajstić information content (AvgIpc) is 3.67. The van der Waals surface area contributed by atoms with Gasteiger partial charge in [0.15, 0.2) is 6.10 Å². The molecule has 0 spiro atoms. The summed E-state index contributed by atoms with van der Waals surface area (Å²) in [5.41, 5.74) is 0. The second-order valence-electron chi connectivity index (χ2n) is 26.7. The van der Waals surface area contributed by atoms with E-state index in [1.807, 2.05) is 21.1 Å². The van der Waals surface area contributed by atoms with Crippen LogP contribution in [0.5, 0.6) is 0 Å². The number of rotatable bonds is 70. The van der Waals surface area contributed by atoms with Gasteiger partial charge in [-0.25, -0.2) is 4.57 Å². The van der Waals surface area contributed by atoms with Crippen molar-refractivity contribution in [3.63, 3.8) is 0 Å². The van der Waals surface area contributed by atoms with Crippen LogP contribution < -0.4 is 0 Å². The molecular weight excluding hydrogens is 1090 g/mol. The molecule has 0 aliphatic rings. The maximum Gasteiger partial charge on any atom is 0.472 e. The standard InChI is InChI=1S/C76H144NO8P/c1-6-8-10-12-14-16-18-20-22-24-26-28-29-30-31-32-33-34-35-36-37-38-39-40-41-42-43-44-45-46-47-49-50-52-54-56-58-60-62-64-66-68-75(78)82-72-74(73-84-86(80,81)83-71-70-77(3,4)5)85-76(79)69-67-65-63-61-59-57-55-53-51-48-27-25-23-21-19-17-15-13-11-9-7-2/h9,11,15,17,21,23,27,48,74H,6-8,10,12-14,16,18-20,22,24-26,28-47,49-73H2,1-5H3/p+1/b11-9-,17-15-,23-21-,48-27-. The normalized spacial score (nSPS) is 13.3. The number of carbonyl (C=O) groups is 2. The molecule has 0 amide bonds. The van der Waals surface area contributed by atoms with Gasteiger partial charge in [-0.15, -0.1) is 0 Å². The molecule has 86 heavy (non-hydrogen) atoms. The van der Waals surface area contributed by atoms with Crippen LogP contribution in [0.2, 0.25) is 0 Å². The lowest BCUT2D eigenvalue weighted by Gasteiger charge is -2.24. The molecule has 0 saturated carbocycles. The van der Waals surface area contributed by atoms with Gasteiger partial charge in [-0.1, -0.05) is 358 Å². The molecule has 0 radical (unpaired) electrons. The lowest BCUT2D eigenvalue weighted by molar-refractivity contribution is -0.870. The second-order valence-corrected chi connectivity index (χ2v) is 28.1. The minimum atomic E-state index is -4.39. The van der Waals surface area contributed by atoms with Crippen molar-refractivity contribution in [2.75, 3.05) is 47.5 Å². The van der Waals surface area contributed by atoms with E-state index >= 15 is 0 Å². The van der Waals surface area contributed by atoms with Crippen molar-refractivity contribution in [1.29, 1.82) is 0 Å². The highest BCUT2D eigenvalue weighted by molar-refractivity contribution is 7.47. The Bertz CT molecular complexity index is 1590. The van der Waals surface area contributed by atoms with Crippen LogP contribution >= 0.6 is 7.82 Å². The summed E-state index contributed by atoms with van der Waals surface area (Å²) in [4.78, 5) is 35.9. The first-order chi connectivity index (χ1) is 42.0. The minimum Gasteiger partial charge on any atom is -0.462 e. The quantitative estimate of drug-likeness (QED) is 0.0211. The van der Waals surface area contributed by atoms with Gasteiger partial charge in [-0.2, -0.15) is 0 Å². The Balaban J connectivity index is 3.86. The third kappa shape index (κ3) is 71.1. The molecule has 10 heteroatoms. The first kappa shape index (κ1) is 84.0. The van der Waals surface area contributed by atoms with Crippen LogP contribution in [-0.2, 0) is 32.7 Å². The zero-order valence-corrected chi connectivity index (χ0v) is 58.7. The fraction of sp³-hybridized carbons (Fsp3) is 0.868. The van der Waals surface area contributed by atoms with E-state index in [1.165, 1.54) is 270 Å². The number of nitrogens with zero attached hydrogens (tertiary/aromatic N) is 1. The van der Waals surface area contributed by atoms with Crippen LogP contribution in [0, 0.1) is 0 Å². The molecule has 0 aromatic rings. The Kier molecular flexibility index (Phi) is 65.8. The van der Waals surface area contributed by atoms with Crippen LogP contribution in [0.4, 0.5) is 0 Å². The van der Waals surface area contributed by atoms with Crippen molar-refractivity contribution in [2.45, 2.75) is 380 Å². The maximum atomic E-state index is 12.9. The highest BCUT2D eigenvalue weighted by atomic mass is 31.2. The Labute approximate surface area is 534 Å². The van der Waals surface area contributed by atoms with Crippen molar-refractivity contribution in [1.82, 2.24) is 0 Å². The lowest BCUT2D eigenvalue weighted by Crippen LogP contribution is -2.37. The molecular formula is C76H145NO8P+. The number of unbranched alkanes of at least 4 members (excludes halogenated alkanes) is 48. The summed E-state index contributed by atoms with van der Waals surface area (Å²) in [5.74, 6) is -0.791. The first-order valence-corrected chi connectivity index (χ1v) is 38.9. The zero-order valence-electron chi connectivity index (χ0n) is 57.8. The highest BCUT2D eigenvalue weighted by Crippen LogP contribution is 2.43. The predicted octanol–water partition coefficient (Wildman–Crippen LogP) is 24.4. The summed E-state index contributed by atoms with van der Waals surface area (Å²) in [7, 11) is 1.48. The van der Waals surface area contributed by atoms with Crippen LogP contribution in [0.25, 0.3) is 0 Å². The van der Waals surface area contributed by atoms with Gasteiger partial charge in [0, 0.05) is 12.8 Å². The maximum absolute atomic E-state index is 12.9. The molecule has 506 valence electrons. The number of allylic oxidation sites excluding steroid dienone is 8. The Morgan fingerprint density at radius 1 is 0.372 bits per heavy atom. The Morgan fingerprint density at radius 2 is 0.663 bits per heavy atom. The van der Waals surface area contributed by atoms with Crippen molar-refractivity contribution >= 4 is 19.8 Å². The molecule has 0 fully saturated rings. The van der Waals surface area contributed by atoms with Crippen LogP contribution in [0.1, 0.15) is 373 Å². The summed E-state index contributed by atoms with van der Waals surface area (Å²) >= 11 is 0. The van der Waals surface area contributed by atoms with E-state index in [-0.39, 0.29) is 25.6 Å². The molecule has 2 atom stereocenters. The molecule has 0 aromatic heterocycles. The molecule has 9 nitrogen and oxygen atoms in total. The number of ether oxygens (including phenoxy) is 2. The molecule has 0 rings (SSSR count). The lowest BCUT2D eigenvalue weighted by atomic mass is 10.0. The number of quaternary nitrogens is 1. The third-order valence-electron chi connectivity index (χ3n) is 16.9. The number of carbonyl (C=O) groups excluding carboxylic acids is 2. The van der Waals surface area contributed by atoms with E-state index in [2.05, 4.69) is 62.5 Å². The van der Waals surface area contributed by atoms with Gasteiger partial charge >= 0.3 is 19.8 Å². The summed E-state index contributed by atoms with van der Waals surface area (Å²) in [6.45, 7) is 4.37. The number of phosphoric ester groups is 1. The molecule has 1 N–H and O–H groups in total. The van der Waals surface area contributed by atoms with E-state index in [0.29, 0.717) is 23.9 Å². The van der Waals surface area contributed by atoms with Gasteiger partial charge < -0.3 is 18.9 Å². The highest BCUT2D eigenvalue weighted by Gasteiger charge is 2.27. The van der Waals surface area contributed by atoms with Gasteiger partial charge in [0.05, 0.1) is 27.7 Å². The minimum absolute atomic E-state index is 0.0303. The van der Waals surface area contributed by atoms with Crippen LogP contribution in [0.15, 0.2) is 48.6 Å². The van der Waals surface area contributed by atoms with Crippen molar-refractivity contribution < 1.29 is 42.1 Å². The third-order valence-corrected chi connectivity index (χ3v) is 17.9. The molecule has 2 unspecified atom stereocenters. The smallest absolute Gasteiger partial charge is 0.462 e. The van der Waals surface area contributed by atoms with E-state index in [1.54, 1.807) is 0 Å². The van der Waals surface area contributed by atoms with Crippen molar-refractivity contribution in [2.24, 2.45) is 0 Å². The molecule has 0 aliphatic heterocycles. The number of phosphoric acid groups is 1. The van der Waals surface area contributed by atoms with E-state index < -0.39 is 26.5 Å². The fourth-order valence-corrected chi connectivity index (χ4v) is 11.9. The number of hydrogen-bond acceptors (Lipinski definition) is 7. The second kappa shape index (κ2) is 67.4. The topological polar surface area (TPSA) is 108 Å². The summed E-state index contributed by atoms with van der Waals surface area (Å²) in [6.07, 6.45) is 88.4. The average molecular weight is 1230 g/mol. The van der Waals surface area contributed by atoms with E-state index in [9.17, 15) is 19.0 Å². The fourth-order valence-electron chi connectivity index (χ4n) is 11.2. The van der Waals surface area contributed by atoms with Gasteiger partial charge in [-0.3, -0.25) is 18.6 Å². The SMILES string of the molecule is CC/C=C\C/C=C\C/C=C\C/C=C\CCCCCCCCCCC(=O)OC(COC(=O)CCCCCCCCCCCCCCCCCCCCCCCCCCCCCCCCCCCCCCCCCCC)COP(=O)(O)OCC[N+](C)(C)C. The molecule has 0 aromatic carbocycles. The van der Waals surface area contributed by atoms with E-state index in [4.69, 9.17) is 18.5 Å². The van der Waals surface area contributed by atoms with Crippen LogP contribution in [0.3, 0.4) is 0 Å². The van der Waals surface area contributed by atoms with Crippen molar-refractivity contribution in [3.05, 3.63) is 48.6 Å². The summed E-state index contributed by atoms with van der Waals surface area (Å²) < 4.78 is 34.7. The Hall–Kier alpha value is -2.03. The molecule has 0 bridgehead atoms. The number of likely N-dealkylation sites (N-methyl/N-ethyl adjacent to an activating group) is 1. The predicted molar refractivity (Wildman–Crippen MR) is 372 cm³/mol. The molecule has 0 saturated heterocycles. The summed E-state index contributed by atoms with van der Waals surface area (Å²) in [6, 6.07) is 0. The zero-order chi connectivity index (χ0) is 62.6. The van der Waals surface area contributed by atoms with Gasteiger partial charge in [-0.05, 0) is 51.4 Å². The molecule has 0 aliphatic carbocycles. The monoisotopic (exact) mass is 1230 g/mol. The van der Waals surface area contributed by atoms with Gasteiger partial charge in [0.1, 0.15) is 19.8 Å². The molecule has 0 heterocycles. The number of esters is 2. The summed E-state index contributed by atoms with van der Waals surface area (Å²) in [5, 5.41) is 0. The number of hydrogen-bond donors (Lipinski definition) is 1. The van der Waals surface area contributed by atoms with Gasteiger partial charge in [0.2, 0.25) is 0 Å². The van der Waals surface area contributed by atoms with E-state index in [0.717, 1.165) is 70.6 Å². The van der Waals surface area contributed by atoms with Crippen molar-refractivity contribution in [3.8, 4) is 0 Å². The van der Waals surface area contributed by atoms with Crippen LogP contribution in [-0.4, -0.2) is 74.9 Å². The largest absolute Gasteiger partial charge is 0.472 e. The Morgan fingerprint density at radius 3 is 0.988 bits per heavy atom. The van der Waals surface area contributed by atoms with Gasteiger partial charge in [0.25, 0.3) is 0 Å².